The molecule has 121 valence electrons. The Bertz CT molecular complexity index is 399. The van der Waals surface area contributed by atoms with E-state index in [4.69, 9.17) is 0 Å². The Kier molecular flexibility index (Phi) is 20.4. The number of aliphatic imine (C=N–C) groups is 2. The van der Waals surface area contributed by atoms with E-state index in [1.807, 2.05) is 52.3 Å². The minimum Gasteiger partial charge on any atom is -1.00 e. The number of pyridine rings is 1. The van der Waals surface area contributed by atoms with E-state index in [-0.39, 0.29) is 54.3 Å². The van der Waals surface area contributed by atoms with Crippen LogP contribution in [-0.4, -0.2) is 29.5 Å². The quantitative estimate of drug-likeness (QED) is 0.371. The smallest absolute Gasteiger partial charge is 1.00 e. The largest absolute Gasteiger partial charge is 3.00 e. The number of halogens is 3. The van der Waals surface area contributed by atoms with Crippen LogP contribution in [0.25, 0.3) is 0 Å². The molecule has 1 radical (unpaired) electrons. The Morgan fingerprint density at radius 1 is 0.857 bits per heavy atom. The van der Waals surface area contributed by atoms with Gasteiger partial charge in [0.1, 0.15) is 0 Å². The standard InChI is InChI=1S/C14H21N3.3ClH.Fe/c1-10(2)15-8-13-6-12(5)7-14(17-13)9-16-11(3)4;;;;/h6-11H,1-5H3;3*1H;/q;;;;+3/p-3. The number of hydrogen-bond donors (Lipinski definition) is 0. The van der Waals surface area contributed by atoms with Crippen LogP contribution in [0, 0.1) is 6.92 Å². The summed E-state index contributed by atoms with van der Waals surface area (Å²) in [6.45, 7) is 10.3. The molecule has 1 aromatic rings. The van der Waals surface area contributed by atoms with E-state index in [9.17, 15) is 0 Å². The summed E-state index contributed by atoms with van der Waals surface area (Å²) >= 11 is 0. The maximum absolute atomic E-state index is 4.48. The van der Waals surface area contributed by atoms with E-state index in [0.717, 1.165) is 11.4 Å². The molecule has 0 aliphatic carbocycles. The van der Waals surface area contributed by atoms with E-state index < -0.39 is 0 Å². The van der Waals surface area contributed by atoms with E-state index >= 15 is 0 Å². The van der Waals surface area contributed by atoms with Gasteiger partial charge in [0, 0.05) is 24.5 Å². The fourth-order valence-corrected chi connectivity index (χ4v) is 1.30. The van der Waals surface area contributed by atoms with Crippen LogP contribution in [0.1, 0.15) is 44.6 Å². The third-order valence-corrected chi connectivity index (χ3v) is 2.02. The van der Waals surface area contributed by atoms with E-state index in [2.05, 4.69) is 21.9 Å². The predicted octanol–water partition coefficient (Wildman–Crippen LogP) is -5.95. The second-order valence-corrected chi connectivity index (χ2v) is 4.74. The maximum atomic E-state index is 4.48. The van der Waals surface area contributed by atoms with Gasteiger partial charge < -0.3 is 37.2 Å². The van der Waals surface area contributed by atoms with Crippen molar-refractivity contribution in [3.05, 3.63) is 29.1 Å². The molecule has 1 heterocycles. The van der Waals surface area contributed by atoms with Crippen molar-refractivity contribution < 1.29 is 54.3 Å². The Morgan fingerprint density at radius 2 is 1.19 bits per heavy atom. The predicted molar refractivity (Wildman–Crippen MR) is 74.4 cm³/mol. The topological polar surface area (TPSA) is 37.6 Å². The SMILES string of the molecule is Cc1cc(C=NC(C)C)nc(C=NC(C)C)c1.[Cl-].[Cl-].[Cl-].[Fe+3]. The van der Waals surface area contributed by atoms with Crippen LogP contribution in [-0.2, 0) is 17.1 Å². The third-order valence-electron chi connectivity index (χ3n) is 2.02. The average Bonchev–Trinajstić information content (AvgIpc) is 2.23. The molecule has 0 aliphatic heterocycles. The number of aryl methyl sites for hydroxylation is 1. The van der Waals surface area contributed by atoms with Crippen molar-refractivity contribution >= 4 is 12.4 Å². The molecule has 21 heavy (non-hydrogen) atoms. The van der Waals surface area contributed by atoms with Crippen molar-refractivity contribution in [1.29, 1.82) is 0 Å². The van der Waals surface area contributed by atoms with Crippen molar-refractivity contribution in [1.82, 2.24) is 4.98 Å². The maximum Gasteiger partial charge on any atom is 3.00 e. The van der Waals surface area contributed by atoms with Crippen LogP contribution in [0.5, 0.6) is 0 Å². The van der Waals surface area contributed by atoms with Crippen LogP contribution in [0.2, 0.25) is 0 Å². The molecule has 7 heteroatoms. The summed E-state index contributed by atoms with van der Waals surface area (Å²) in [7, 11) is 0. The summed E-state index contributed by atoms with van der Waals surface area (Å²) in [5, 5.41) is 0. The third kappa shape index (κ3) is 13.3. The van der Waals surface area contributed by atoms with Crippen molar-refractivity contribution in [2.45, 2.75) is 46.7 Å². The molecule has 0 amide bonds. The molecule has 0 N–H and O–H groups in total. The number of hydrogen-bond acceptors (Lipinski definition) is 3. The number of nitrogens with zero attached hydrogens (tertiary/aromatic N) is 3. The molecule has 0 spiro atoms. The van der Waals surface area contributed by atoms with Gasteiger partial charge in [0.25, 0.3) is 0 Å². The second-order valence-electron chi connectivity index (χ2n) is 4.74. The van der Waals surface area contributed by atoms with Crippen LogP contribution in [0.3, 0.4) is 0 Å². The van der Waals surface area contributed by atoms with Gasteiger partial charge in [-0.05, 0) is 52.3 Å². The van der Waals surface area contributed by atoms with E-state index in [1.54, 1.807) is 0 Å². The Labute approximate surface area is 157 Å². The zero-order chi connectivity index (χ0) is 12.8. The first kappa shape index (κ1) is 29.0. The fourth-order valence-electron chi connectivity index (χ4n) is 1.30. The van der Waals surface area contributed by atoms with Gasteiger partial charge >= 0.3 is 17.1 Å². The molecular weight excluding hydrogens is 372 g/mol. The summed E-state index contributed by atoms with van der Waals surface area (Å²) in [6, 6.07) is 4.65. The summed E-state index contributed by atoms with van der Waals surface area (Å²) < 4.78 is 0. The van der Waals surface area contributed by atoms with Crippen LogP contribution in [0.15, 0.2) is 22.1 Å². The Hall–Kier alpha value is -0.121. The molecule has 1 rings (SSSR count). The summed E-state index contributed by atoms with van der Waals surface area (Å²) in [6.07, 6.45) is 3.65. The normalized spacial score (nSPS) is 10.0. The number of rotatable bonds is 4. The van der Waals surface area contributed by atoms with E-state index in [1.165, 1.54) is 5.56 Å². The van der Waals surface area contributed by atoms with Crippen LogP contribution in [0.4, 0.5) is 0 Å². The minimum absolute atomic E-state index is 0. The van der Waals surface area contributed by atoms with Crippen LogP contribution >= 0.6 is 0 Å². The van der Waals surface area contributed by atoms with Crippen LogP contribution < -0.4 is 37.2 Å². The molecule has 0 saturated heterocycles. The average molecular weight is 394 g/mol. The molecule has 0 fully saturated rings. The molecular formula is C14H21Cl3FeN3. The summed E-state index contributed by atoms with van der Waals surface area (Å²) in [4.78, 5) is 13.2. The van der Waals surface area contributed by atoms with Gasteiger partial charge in [0.15, 0.2) is 0 Å². The minimum atomic E-state index is 0. The molecule has 0 unspecified atom stereocenters. The van der Waals surface area contributed by atoms with Gasteiger partial charge in [0.2, 0.25) is 0 Å². The summed E-state index contributed by atoms with van der Waals surface area (Å²) in [5.74, 6) is 0. The van der Waals surface area contributed by atoms with Crippen molar-refractivity contribution in [2.75, 3.05) is 0 Å². The molecule has 0 aliphatic rings. The summed E-state index contributed by atoms with van der Waals surface area (Å²) in [5.41, 5.74) is 2.96. The molecule has 1 aromatic heterocycles. The van der Waals surface area contributed by atoms with Gasteiger partial charge in [-0.25, -0.2) is 4.98 Å². The Balaban J connectivity index is -0.000000361. The zero-order valence-electron chi connectivity index (χ0n) is 12.8. The molecule has 0 aromatic carbocycles. The first-order valence-electron chi connectivity index (χ1n) is 6.02. The molecule has 0 saturated carbocycles. The zero-order valence-corrected chi connectivity index (χ0v) is 16.2. The Morgan fingerprint density at radius 3 is 1.48 bits per heavy atom. The molecule has 3 nitrogen and oxygen atoms in total. The van der Waals surface area contributed by atoms with Gasteiger partial charge in [0.05, 0.1) is 11.4 Å². The first-order chi connectivity index (χ1) is 7.97. The van der Waals surface area contributed by atoms with Gasteiger partial charge in [-0.3, -0.25) is 9.98 Å². The van der Waals surface area contributed by atoms with Crippen molar-refractivity contribution in [3.8, 4) is 0 Å². The van der Waals surface area contributed by atoms with Gasteiger partial charge in [-0.15, -0.1) is 0 Å². The fraction of sp³-hybridized carbons (Fsp3) is 0.500. The first-order valence-corrected chi connectivity index (χ1v) is 6.02. The van der Waals surface area contributed by atoms with Crippen molar-refractivity contribution in [2.24, 2.45) is 9.98 Å². The monoisotopic (exact) mass is 392 g/mol. The van der Waals surface area contributed by atoms with Crippen molar-refractivity contribution in [3.63, 3.8) is 0 Å². The van der Waals surface area contributed by atoms with Gasteiger partial charge in [-0.1, -0.05) is 0 Å². The molecule has 0 atom stereocenters. The van der Waals surface area contributed by atoms with E-state index in [0.29, 0.717) is 12.1 Å². The molecule has 0 bridgehead atoms. The second kappa shape index (κ2) is 14.8. The number of aromatic nitrogens is 1. The van der Waals surface area contributed by atoms with Gasteiger partial charge in [-0.2, -0.15) is 0 Å².